The van der Waals surface area contributed by atoms with Gasteiger partial charge in [-0.3, -0.25) is 4.79 Å². The van der Waals surface area contributed by atoms with Crippen LogP contribution in [0.2, 0.25) is 0 Å². The number of nitrogens with zero attached hydrogens (tertiary/aromatic N) is 2. The minimum Gasteiger partial charge on any atom is -0.349 e. The molecule has 2 aromatic rings. The fourth-order valence-electron chi connectivity index (χ4n) is 3.71. The lowest BCUT2D eigenvalue weighted by atomic mass is 9.98. The van der Waals surface area contributed by atoms with E-state index in [1.54, 1.807) is 13.0 Å². The maximum absolute atomic E-state index is 12.7. The van der Waals surface area contributed by atoms with E-state index in [4.69, 9.17) is 4.52 Å². The first-order chi connectivity index (χ1) is 11.2. The third kappa shape index (κ3) is 2.86. The molecule has 23 heavy (non-hydrogen) atoms. The van der Waals surface area contributed by atoms with Crippen molar-refractivity contribution in [2.75, 3.05) is 0 Å². The van der Waals surface area contributed by atoms with Crippen LogP contribution in [-0.2, 0) is 0 Å². The molecule has 0 radical (unpaired) electrons. The van der Waals surface area contributed by atoms with Gasteiger partial charge in [0.15, 0.2) is 5.82 Å². The second-order valence-electron chi connectivity index (χ2n) is 6.47. The molecule has 0 spiro atoms. The van der Waals surface area contributed by atoms with Crippen LogP contribution in [0.4, 0.5) is 0 Å². The number of rotatable bonds is 3. The van der Waals surface area contributed by atoms with Crippen molar-refractivity contribution in [1.29, 1.82) is 0 Å². The molecule has 2 saturated heterocycles. The number of hydrogen-bond acceptors (Lipinski definition) is 5. The Bertz CT molecular complexity index is 715. The zero-order valence-corrected chi connectivity index (χ0v) is 13.1. The number of carbonyl (C=O) groups is 1. The first-order valence-corrected chi connectivity index (χ1v) is 8.15. The van der Waals surface area contributed by atoms with Crippen molar-refractivity contribution in [2.24, 2.45) is 0 Å². The van der Waals surface area contributed by atoms with E-state index < -0.39 is 0 Å². The summed E-state index contributed by atoms with van der Waals surface area (Å²) < 4.78 is 5.22. The Morgan fingerprint density at radius 1 is 1.26 bits per heavy atom. The van der Waals surface area contributed by atoms with Gasteiger partial charge in [0.25, 0.3) is 11.8 Å². The third-order valence-corrected chi connectivity index (χ3v) is 4.74. The summed E-state index contributed by atoms with van der Waals surface area (Å²) in [7, 11) is 0. The molecule has 0 saturated carbocycles. The van der Waals surface area contributed by atoms with Gasteiger partial charge in [0.1, 0.15) is 0 Å². The second kappa shape index (κ2) is 5.77. The molecule has 6 heteroatoms. The van der Waals surface area contributed by atoms with Crippen LogP contribution in [0.1, 0.15) is 41.9 Å². The molecule has 2 N–H and O–H groups in total. The predicted molar refractivity (Wildman–Crippen MR) is 84.9 cm³/mol. The molecule has 3 heterocycles. The lowest BCUT2D eigenvalue weighted by Gasteiger charge is -2.29. The summed E-state index contributed by atoms with van der Waals surface area (Å²) in [6.45, 7) is 1.76. The number of carbonyl (C=O) groups excluding carboxylic acids is 1. The highest BCUT2D eigenvalue weighted by molar-refractivity contribution is 6.00. The first kappa shape index (κ1) is 14.4. The van der Waals surface area contributed by atoms with Crippen molar-refractivity contribution < 1.29 is 9.32 Å². The van der Waals surface area contributed by atoms with Gasteiger partial charge in [-0.15, -0.1) is 0 Å². The number of aryl methyl sites for hydroxylation is 1. The quantitative estimate of drug-likeness (QED) is 0.907. The molecule has 2 bridgehead atoms. The highest BCUT2D eigenvalue weighted by Gasteiger charge is 2.34. The molecule has 2 unspecified atom stereocenters. The fraction of sp³-hybridized carbons (Fsp3) is 0.471. The van der Waals surface area contributed by atoms with Crippen molar-refractivity contribution in [1.82, 2.24) is 20.8 Å². The molecule has 1 aromatic carbocycles. The number of hydrogen-bond donors (Lipinski definition) is 2. The van der Waals surface area contributed by atoms with Gasteiger partial charge in [-0.25, -0.2) is 0 Å². The van der Waals surface area contributed by atoms with E-state index in [2.05, 4.69) is 20.8 Å². The Labute approximate surface area is 134 Å². The Morgan fingerprint density at radius 2 is 2.00 bits per heavy atom. The van der Waals surface area contributed by atoms with Gasteiger partial charge < -0.3 is 15.2 Å². The normalized spacial score (nSPS) is 26.2. The molecule has 1 amide bonds. The van der Waals surface area contributed by atoms with Crippen molar-refractivity contribution >= 4 is 5.91 Å². The minimum absolute atomic E-state index is 0.0669. The monoisotopic (exact) mass is 312 g/mol. The summed E-state index contributed by atoms with van der Waals surface area (Å²) in [4.78, 5) is 17.0. The Kier molecular flexibility index (Phi) is 3.61. The molecular formula is C17H20N4O2. The van der Waals surface area contributed by atoms with E-state index in [9.17, 15) is 4.79 Å². The molecule has 2 fully saturated rings. The smallest absolute Gasteiger partial charge is 0.258 e. The zero-order chi connectivity index (χ0) is 15.8. The predicted octanol–water partition coefficient (Wildman–Crippen LogP) is 2.06. The van der Waals surface area contributed by atoms with Gasteiger partial charge >= 0.3 is 0 Å². The van der Waals surface area contributed by atoms with Crippen LogP contribution in [0.15, 0.2) is 28.8 Å². The van der Waals surface area contributed by atoms with Crippen LogP contribution in [0.3, 0.4) is 0 Å². The van der Waals surface area contributed by atoms with E-state index in [1.807, 2.05) is 18.2 Å². The lowest BCUT2D eigenvalue weighted by Crippen LogP contribution is -2.48. The van der Waals surface area contributed by atoms with Gasteiger partial charge in [-0.05, 0) is 44.7 Å². The summed E-state index contributed by atoms with van der Waals surface area (Å²) in [5.41, 5.74) is 1.27. The average Bonchev–Trinajstić information content (AvgIpc) is 3.13. The Hall–Kier alpha value is -2.21. The molecule has 0 aliphatic carbocycles. The van der Waals surface area contributed by atoms with Gasteiger partial charge in [-0.1, -0.05) is 17.3 Å². The van der Waals surface area contributed by atoms with E-state index in [0.29, 0.717) is 34.9 Å². The van der Waals surface area contributed by atoms with Crippen LogP contribution >= 0.6 is 0 Å². The number of fused-ring (bicyclic) bond motifs is 2. The standard InChI is InChI=1S/C17H20N4O2/c1-10-18-17(23-21-10)15-5-3-2-4-14(15)16(22)20-13-8-11-6-7-12(9-13)19-11/h2-5,11-13,19H,6-9H2,1H3,(H,20,22). The SMILES string of the molecule is Cc1noc(-c2ccccc2C(=O)NC2CC3CCC(C2)N3)n1. The number of nitrogens with one attached hydrogen (secondary N) is 2. The maximum atomic E-state index is 12.7. The van der Waals surface area contributed by atoms with Gasteiger partial charge in [0.2, 0.25) is 0 Å². The molecule has 120 valence electrons. The van der Waals surface area contributed by atoms with Crippen LogP contribution in [0, 0.1) is 6.92 Å². The number of aromatic nitrogens is 2. The molecule has 2 atom stereocenters. The molecule has 6 nitrogen and oxygen atoms in total. The highest BCUT2D eigenvalue weighted by Crippen LogP contribution is 2.28. The summed E-state index contributed by atoms with van der Waals surface area (Å²) in [5, 5.41) is 10.6. The van der Waals surface area contributed by atoms with Crippen LogP contribution < -0.4 is 10.6 Å². The van der Waals surface area contributed by atoms with Gasteiger partial charge in [0.05, 0.1) is 11.1 Å². The Balaban J connectivity index is 1.54. The highest BCUT2D eigenvalue weighted by atomic mass is 16.5. The van der Waals surface area contributed by atoms with Crippen molar-refractivity contribution in [3.8, 4) is 11.5 Å². The Morgan fingerprint density at radius 3 is 2.70 bits per heavy atom. The summed E-state index contributed by atoms with van der Waals surface area (Å²) in [6, 6.07) is 8.71. The fourth-order valence-corrected chi connectivity index (χ4v) is 3.71. The number of benzene rings is 1. The topological polar surface area (TPSA) is 80.0 Å². The summed E-state index contributed by atoms with van der Waals surface area (Å²) in [6.07, 6.45) is 4.44. The lowest BCUT2D eigenvalue weighted by molar-refractivity contribution is 0.0924. The average molecular weight is 312 g/mol. The first-order valence-electron chi connectivity index (χ1n) is 8.15. The van der Waals surface area contributed by atoms with Crippen LogP contribution in [0.5, 0.6) is 0 Å². The van der Waals surface area contributed by atoms with E-state index in [-0.39, 0.29) is 11.9 Å². The van der Waals surface area contributed by atoms with Crippen LogP contribution in [-0.4, -0.2) is 34.2 Å². The van der Waals surface area contributed by atoms with E-state index in [0.717, 1.165) is 12.8 Å². The summed E-state index contributed by atoms with van der Waals surface area (Å²) >= 11 is 0. The van der Waals surface area contributed by atoms with Crippen molar-refractivity contribution in [2.45, 2.75) is 50.7 Å². The molecule has 2 aliphatic rings. The molecular weight excluding hydrogens is 292 g/mol. The van der Waals surface area contributed by atoms with Crippen LogP contribution in [0.25, 0.3) is 11.5 Å². The molecule has 2 aliphatic heterocycles. The van der Waals surface area contributed by atoms with Crippen molar-refractivity contribution in [3.63, 3.8) is 0 Å². The number of amides is 1. The molecule has 1 aromatic heterocycles. The zero-order valence-electron chi connectivity index (χ0n) is 13.1. The van der Waals surface area contributed by atoms with Crippen molar-refractivity contribution in [3.05, 3.63) is 35.7 Å². The van der Waals surface area contributed by atoms with E-state index in [1.165, 1.54) is 12.8 Å². The van der Waals surface area contributed by atoms with Gasteiger partial charge in [-0.2, -0.15) is 4.98 Å². The largest absolute Gasteiger partial charge is 0.349 e. The maximum Gasteiger partial charge on any atom is 0.258 e. The molecule has 4 rings (SSSR count). The van der Waals surface area contributed by atoms with Gasteiger partial charge in [0, 0.05) is 18.1 Å². The number of piperidine rings is 1. The third-order valence-electron chi connectivity index (χ3n) is 4.74. The van der Waals surface area contributed by atoms with E-state index >= 15 is 0 Å². The minimum atomic E-state index is -0.0669. The summed E-state index contributed by atoms with van der Waals surface area (Å²) in [5.74, 6) is 0.881. The second-order valence-corrected chi connectivity index (χ2v) is 6.47.